The van der Waals surface area contributed by atoms with Crippen LogP contribution in [0.2, 0.25) is 0 Å². The summed E-state index contributed by atoms with van der Waals surface area (Å²) in [5.41, 5.74) is 0.946. The number of rotatable bonds is 4. The van der Waals surface area contributed by atoms with Crippen molar-refractivity contribution < 1.29 is 9.47 Å². The van der Waals surface area contributed by atoms with Crippen molar-refractivity contribution in [2.75, 3.05) is 20.2 Å². The molecule has 1 aliphatic rings. The Morgan fingerprint density at radius 1 is 1.10 bits per heavy atom. The van der Waals surface area contributed by atoms with Crippen LogP contribution in [0.15, 0.2) is 36.7 Å². The molecule has 1 saturated heterocycles. The summed E-state index contributed by atoms with van der Waals surface area (Å²) in [6.45, 7) is 2.03. The van der Waals surface area contributed by atoms with E-state index in [-0.39, 0.29) is 0 Å². The van der Waals surface area contributed by atoms with Crippen molar-refractivity contribution in [3.63, 3.8) is 0 Å². The monoisotopic (exact) mass is 285 g/mol. The molecule has 3 rings (SSSR count). The molecule has 1 aliphatic heterocycles. The van der Waals surface area contributed by atoms with Crippen LogP contribution in [0, 0.1) is 0 Å². The molecule has 0 atom stereocenters. The van der Waals surface area contributed by atoms with Gasteiger partial charge in [0.05, 0.1) is 7.11 Å². The third-order valence-electron chi connectivity index (χ3n) is 3.67. The first-order valence-electron chi connectivity index (χ1n) is 7.20. The Labute approximate surface area is 124 Å². The van der Waals surface area contributed by atoms with Gasteiger partial charge in [0.15, 0.2) is 0 Å². The summed E-state index contributed by atoms with van der Waals surface area (Å²) < 4.78 is 11.1. The Morgan fingerprint density at radius 3 is 2.67 bits per heavy atom. The molecule has 0 saturated carbocycles. The highest BCUT2D eigenvalue weighted by atomic mass is 16.5. The maximum atomic E-state index is 5.93. The molecular formula is C16H19N3O2. The molecule has 0 unspecified atom stereocenters. The topological polar surface area (TPSA) is 56.3 Å². The van der Waals surface area contributed by atoms with Crippen LogP contribution in [0.4, 0.5) is 0 Å². The Balaban J connectivity index is 1.84. The molecule has 2 aromatic rings. The molecule has 5 heteroatoms. The molecule has 0 spiro atoms. The Hall–Kier alpha value is -2.14. The number of hydrogen-bond donors (Lipinski definition) is 1. The van der Waals surface area contributed by atoms with Crippen molar-refractivity contribution in [2.24, 2.45) is 0 Å². The number of piperidine rings is 1. The molecule has 2 heterocycles. The van der Waals surface area contributed by atoms with Gasteiger partial charge in [-0.15, -0.1) is 0 Å². The van der Waals surface area contributed by atoms with Crippen LogP contribution in [0.25, 0.3) is 0 Å². The van der Waals surface area contributed by atoms with Crippen molar-refractivity contribution in [3.8, 4) is 17.4 Å². The summed E-state index contributed by atoms with van der Waals surface area (Å²) in [5, 5.41) is 3.36. The molecule has 0 aliphatic carbocycles. The lowest BCUT2D eigenvalue weighted by Gasteiger charge is -2.23. The molecule has 1 aromatic heterocycles. The smallest absolute Gasteiger partial charge is 0.241 e. The standard InChI is InChI=1S/C16H19N3O2/c1-20-13-3-2-4-14(11-13)21-16-15(18-9-10-19-16)12-5-7-17-8-6-12/h2-4,9-12,17H,5-8H2,1H3. The van der Waals surface area contributed by atoms with Gasteiger partial charge in [0.25, 0.3) is 0 Å². The van der Waals surface area contributed by atoms with E-state index in [1.54, 1.807) is 19.5 Å². The molecule has 1 aromatic carbocycles. The molecule has 0 amide bonds. The van der Waals surface area contributed by atoms with Gasteiger partial charge in [-0.2, -0.15) is 0 Å². The average molecular weight is 285 g/mol. The van der Waals surface area contributed by atoms with Gasteiger partial charge >= 0.3 is 0 Å². The van der Waals surface area contributed by atoms with E-state index < -0.39 is 0 Å². The summed E-state index contributed by atoms with van der Waals surface area (Å²) in [6, 6.07) is 7.52. The maximum Gasteiger partial charge on any atom is 0.241 e. The SMILES string of the molecule is COc1cccc(Oc2nccnc2C2CCNCC2)c1. The first kappa shape index (κ1) is 13.8. The number of nitrogens with zero attached hydrogens (tertiary/aromatic N) is 2. The van der Waals surface area contributed by atoms with Crippen molar-refractivity contribution in [1.82, 2.24) is 15.3 Å². The van der Waals surface area contributed by atoms with Crippen LogP contribution in [0.3, 0.4) is 0 Å². The summed E-state index contributed by atoms with van der Waals surface area (Å²) in [7, 11) is 1.64. The third-order valence-corrected chi connectivity index (χ3v) is 3.67. The van der Waals surface area contributed by atoms with Gasteiger partial charge in [-0.05, 0) is 38.1 Å². The first-order chi connectivity index (χ1) is 10.4. The quantitative estimate of drug-likeness (QED) is 0.936. The van der Waals surface area contributed by atoms with Crippen molar-refractivity contribution >= 4 is 0 Å². The van der Waals surface area contributed by atoms with E-state index in [1.165, 1.54) is 0 Å². The van der Waals surface area contributed by atoms with E-state index in [9.17, 15) is 0 Å². The van der Waals surface area contributed by atoms with Crippen LogP contribution < -0.4 is 14.8 Å². The molecule has 0 radical (unpaired) electrons. The molecule has 1 fully saturated rings. The number of aromatic nitrogens is 2. The van der Waals surface area contributed by atoms with E-state index in [0.717, 1.165) is 37.4 Å². The molecule has 0 bridgehead atoms. The molecule has 110 valence electrons. The van der Waals surface area contributed by atoms with Crippen LogP contribution in [0.5, 0.6) is 17.4 Å². The predicted molar refractivity (Wildman–Crippen MR) is 79.9 cm³/mol. The van der Waals surface area contributed by atoms with Crippen molar-refractivity contribution in [3.05, 3.63) is 42.4 Å². The molecular weight excluding hydrogens is 266 g/mol. The van der Waals surface area contributed by atoms with Crippen LogP contribution >= 0.6 is 0 Å². The van der Waals surface area contributed by atoms with Gasteiger partial charge in [-0.25, -0.2) is 4.98 Å². The lowest BCUT2D eigenvalue weighted by Crippen LogP contribution is -2.27. The second-order valence-corrected chi connectivity index (χ2v) is 5.05. The predicted octanol–water partition coefficient (Wildman–Crippen LogP) is 2.74. The van der Waals surface area contributed by atoms with Gasteiger partial charge in [0.2, 0.25) is 5.88 Å². The maximum absolute atomic E-state index is 5.93. The highest BCUT2D eigenvalue weighted by Crippen LogP contribution is 2.32. The third kappa shape index (κ3) is 3.31. The first-order valence-corrected chi connectivity index (χ1v) is 7.20. The zero-order valence-electron chi connectivity index (χ0n) is 12.1. The summed E-state index contributed by atoms with van der Waals surface area (Å²) in [6.07, 6.45) is 5.52. The Bertz CT molecular complexity index is 598. The van der Waals surface area contributed by atoms with E-state index in [0.29, 0.717) is 17.5 Å². The van der Waals surface area contributed by atoms with Gasteiger partial charge in [-0.1, -0.05) is 6.07 Å². The summed E-state index contributed by atoms with van der Waals surface area (Å²) >= 11 is 0. The second kappa shape index (κ2) is 6.54. The van der Waals surface area contributed by atoms with Crippen molar-refractivity contribution in [2.45, 2.75) is 18.8 Å². The molecule has 1 N–H and O–H groups in total. The van der Waals surface area contributed by atoms with Crippen molar-refractivity contribution in [1.29, 1.82) is 0 Å². The Morgan fingerprint density at radius 2 is 1.86 bits per heavy atom. The van der Waals surface area contributed by atoms with Gasteiger partial charge in [0.1, 0.15) is 17.2 Å². The van der Waals surface area contributed by atoms with Gasteiger partial charge in [-0.3, -0.25) is 4.98 Å². The summed E-state index contributed by atoms with van der Waals surface area (Å²) in [5.74, 6) is 2.48. The fourth-order valence-electron chi connectivity index (χ4n) is 2.57. The number of benzene rings is 1. The molecule has 5 nitrogen and oxygen atoms in total. The fourth-order valence-corrected chi connectivity index (χ4v) is 2.57. The van der Waals surface area contributed by atoms with Crippen LogP contribution in [-0.2, 0) is 0 Å². The Kier molecular flexibility index (Phi) is 4.31. The number of hydrogen-bond acceptors (Lipinski definition) is 5. The highest BCUT2D eigenvalue weighted by molar-refractivity contribution is 5.36. The van der Waals surface area contributed by atoms with E-state index >= 15 is 0 Å². The highest BCUT2D eigenvalue weighted by Gasteiger charge is 2.21. The van der Waals surface area contributed by atoms with Gasteiger partial charge < -0.3 is 14.8 Å². The normalized spacial score (nSPS) is 15.7. The largest absolute Gasteiger partial charge is 0.497 e. The number of nitrogens with one attached hydrogen (secondary N) is 1. The average Bonchev–Trinajstić information content (AvgIpc) is 2.56. The van der Waals surface area contributed by atoms with E-state index in [1.807, 2.05) is 24.3 Å². The zero-order chi connectivity index (χ0) is 14.5. The minimum absolute atomic E-state index is 0.403. The van der Waals surface area contributed by atoms with E-state index in [2.05, 4.69) is 15.3 Å². The second-order valence-electron chi connectivity index (χ2n) is 5.05. The van der Waals surface area contributed by atoms with Crippen LogP contribution in [-0.4, -0.2) is 30.2 Å². The number of ether oxygens (including phenoxy) is 2. The van der Waals surface area contributed by atoms with Crippen LogP contribution in [0.1, 0.15) is 24.5 Å². The zero-order valence-corrected chi connectivity index (χ0v) is 12.1. The minimum Gasteiger partial charge on any atom is -0.497 e. The minimum atomic E-state index is 0.403. The molecule has 21 heavy (non-hydrogen) atoms. The van der Waals surface area contributed by atoms with Gasteiger partial charge in [0, 0.05) is 24.4 Å². The lowest BCUT2D eigenvalue weighted by atomic mass is 9.94. The fraction of sp³-hybridized carbons (Fsp3) is 0.375. The van der Waals surface area contributed by atoms with E-state index in [4.69, 9.17) is 9.47 Å². The number of methoxy groups -OCH3 is 1. The summed E-state index contributed by atoms with van der Waals surface area (Å²) in [4.78, 5) is 8.85. The lowest BCUT2D eigenvalue weighted by molar-refractivity contribution is 0.398.